The predicted molar refractivity (Wildman–Crippen MR) is 96.4 cm³/mol. The van der Waals surface area contributed by atoms with E-state index in [0.717, 1.165) is 48.1 Å². The molecule has 0 aromatic carbocycles. The molecule has 2 N–H and O–H groups in total. The summed E-state index contributed by atoms with van der Waals surface area (Å²) < 4.78 is 0. The molecule has 4 heterocycles. The molecule has 4 rings (SSSR count). The Kier molecular flexibility index (Phi) is 4.00. The molecule has 0 spiro atoms. The Labute approximate surface area is 143 Å². The van der Waals surface area contributed by atoms with Gasteiger partial charge in [0.25, 0.3) is 0 Å². The summed E-state index contributed by atoms with van der Waals surface area (Å²) in [5.74, 6) is 0.961. The molecule has 0 aliphatic carbocycles. The minimum absolute atomic E-state index is 0.781. The number of anilines is 1. The highest BCUT2D eigenvalue weighted by molar-refractivity contribution is 7.19. The number of thiophene rings is 1. The van der Waals surface area contributed by atoms with E-state index in [4.69, 9.17) is 0 Å². The van der Waals surface area contributed by atoms with E-state index < -0.39 is 0 Å². The summed E-state index contributed by atoms with van der Waals surface area (Å²) in [6.45, 7) is 6.98. The summed E-state index contributed by atoms with van der Waals surface area (Å²) in [4.78, 5) is 17.4. The average molecular weight is 345 g/mol. The fourth-order valence-electron chi connectivity index (χ4n) is 3.08. The molecule has 1 aliphatic rings. The van der Waals surface area contributed by atoms with Crippen molar-refractivity contribution in [1.82, 2.24) is 20.3 Å². The summed E-state index contributed by atoms with van der Waals surface area (Å²) >= 11 is 3.55. The van der Waals surface area contributed by atoms with Crippen LogP contribution in [-0.2, 0) is 25.9 Å². The van der Waals surface area contributed by atoms with Gasteiger partial charge < -0.3 is 10.6 Å². The van der Waals surface area contributed by atoms with Crippen LogP contribution in [0.4, 0.5) is 5.82 Å². The average Bonchev–Trinajstić information content (AvgIpc) is 3.12. The van der Waals surface area contributed by atoms with Crippen molar-refractivity contribution in [3.8, 4) is 0 Å². The number of nitrogens with one attached hydrogen (secondary N) is 2. The zero-order chi connectivity index (χ0) is 15.8. The molecule has 3 aromatic rings. The summed E-state index contributed by atoms with van der Waals surface area (Å²) in [6.07, 6.45) is 3.69. The van der Waals surface area contributed by atoms with E-state index in [9.17, 15) is 0 Å². The highest BCUT2D eigenvalue weighted by Gasteiger charge is 2.19. The van der Waals surface area contributed by atoms with Gasteiger partial charge in [-0.05, 0) is 31.9 Å². The van der Waals surface area contributed by atoms with Gasteiger partial charge in [0, 0.05) is 16.3 Å². The monoisotopic (exact) mass is 345 g/mol. The Morgan fingerprint density at radius 2 is 2.22 bits per heavy atom. The number of aromatic nitrogens is 3. The largest absolute Gasteiger partial charge is 0.364 e. The van der Waals surface area contributed by atoms with Crippen LogP contribution >= 0.6 is 22.7 Å². The molecule has 3 aromatic heterocycles. The summed E-state index contributed by atoms with van der Waals surface area (Å²) in [6, 6.07) is 0. The molecule has 7 heteroatoms. The van der Waals surface area contributed by atoms with Gasteiger partial charge in [-0.1, -0.05) is 6.92 Å². The van der Waals surface area contributed by atoms with Crippen LogP contribution < -0.4 is 10.6 Å². The molecule has 0 amide bonds. The van der Waals surface area contributed by atoms with E-state index in [0.29, 0.717) is 0 Å². The summed E-state index contributed by atoms with van der Waals surface area (Å²) in [5, 5.41) is 9.31. The molecule has 0 saturated carbocycles. The molecule has 5 nitrogen and oxygen atoms in total. The summed E-state index contributed by atoms with van der Waals surface area (Å²) in [7, 11) is 0. The van der Waals surface area contributed by atoms with E-state index in [1.807, 2.05) is 0 Å². The highest BCUT2D eigenvalue weighted by Crippen LogP contribution is 2.35. The number of fused-ring (bicyclic) bond motifs is 3. The molecular weight excluding hydrogens is 326 g/mol. The molecule has 0 saturated heterocycles. The van der Waals surface area contributed by atoms with Crippen LogP contribution in [0.3, 0.4) is 0 Å². The van der Waals surface area contributed by atoms with Gasteiger partial charge in [0.1, 0.15) is 17.0 Å². The van der Waals surface area contributed by atoms with Gasteiger partial charge in [0.15, 0.2) is 0 Å². The smallest absolute Gasteiger partial charge is 0.138 e. The number of rotatable bonds is 4. The molecule has 0 radical (unpaired) electrons. The molecule has 0 atom stereocenters. The Balaban J connectivity index is 1.67. The van der Waals surface area contributed by atoms with Crippen LogP contribution in [0, 0.1) is 6.92 Å². The van der Waals surface area contributed by atoms with E-state index in [-0.39, 0.29) is 0 Å². The number of hydrogen-bond acceptors (Lipinski definition) is 7. The van der Waals surface area contributed by atoms with Gasteiger partial charge in [-0.2, -0.15) is 0 Å². The zero-order valence-corrected chi connectivity index (χ0v) is 14.9. The minimum Gasteiger partial charge on any atom is -0.364 e. The second-order valence-electron chi connectivity index (χ2n) is 5.64. The van der Waals surface area contributed by atoms with E-state index >= 15 is 0 Å². The fourth-order valence-corrected chi connectivity index (χ4v) is 5.21. The summed E-state index contributed by atoms with van der Waals surface area (Å²) in [5.41, 5.74) is 2.62. The number of hydrogen-bond donors (Lipinski definition) is 2. The number of nitrogens with zero attached hydrogens (tertiary/aromatic N) is 3. The highest BCUT2D eigenvalue weighted by atomic mass is 32.1. The second kappa shape index (κ2) is 6.14. The maximum absolute atomic E-state index is 4.60. The lowest BCUT2D eigenvalue weighted by Crippen LogP contribution is -2.22. The Hall–Kier alpha value is -1.57. The lowest BCUT2D eigenvalue weighted by atomic mass is 10.1. The van der Waals surface area contributed by atoms with Gasteiger partial charge >= 0.3 is 0 Å². The first-order chi connectivity index (χ1) is 11.3. The Morgan fingerprint density at radius 3 is 3.09 bits per heavy atom. The maximum Gasteiger partial charge on any atom is 0.138 e. The normalized spacial score (nSPS) is 14.2. The first-order valence-corrected chi connectivity index (χ1v) is 9.54. The fraction of sp³-hybridized carbons (Fsp3) is 0.438. The third kappa shape index (κ3) is 2.73. The van der Waals surface area contributed by atoms with E-state index in [1.54, 1.807) is 29.0 Å². The Morgan fingerprint density at radius 1 is 1.30 bits per heavy atom. The predicted octanol–water partition coefficient (Wildman–Crippen LogP) is 3.28. The van der Waals surface area contributed by atoms with E-state index in [2.05, 4.69) is 39.4 Å². The van der Waals surface area contributed by atoms with E-state index in [1.165, 1.54) is 26.4 Å². The first-order valence-electron chi connectivity index (χ1n) is 7.91. The molecule has 0 unspecified atom stereocenters. The SMILES string of the molecule is CCc1nc(C)sc1CNc1ncnc2sc3c(c12)CCNC3. The lowest BCUT2D eigenvalue weighted by Gasteiger charge is -2.13. The zero-order valence-electron chi connectivity index (χ0n) is 13.3. The van der Waals surface area contributed by atoms with Gasteiger partial charge in [-0.3, -0.25) is 0 Å². The second-order valence-corrected chi connectivity index (χ2v) is 8.01. The third-order valence-electron chi connectivity index (χ3n) is 4.14. The maximum atomic E-state index is 4.60. The van der Waals surface area contributed by atoms with Crippen molar-refractivity contribution in [2.45, 2.75) is 39.8 Å². The molecule has 23 heavy (non-hydrogen) atoms. The van der Waals surface area contributed by atoms with Gasteiger partial charge in [-0.15, -0.1) is 22.7 Å². The van der Waals surface area contributed by atoms with Crippen molar-refractivity contribution in [2.24, 2.45) is 0 Å². The van der Waals surface area contributed by atoms with Crippen molar-refractivity contribution in [1.29, 1.82) is 0 Å². The lowest BCUT2D eigenvalue weighted by molar-refractivity contribution is 0.657. The van der Waals surface area contributed by atoms with Crippen LogP contribution in [0.25, 0.3) is 10.2 Å². The van der Waals surface area contributed by atoms with Crippen LogP contribution in [-0.4, -0.2) is 21.5 Å². The van der Waals surface area contributed by atoms with Crippen molar-refractivity contribution in [3.63, 3.8) is 0 Å². The number of thiazole rings is 1. The van der Waals surface area contributed by atoms with Gasteiger partial charge in [0.2, 0.25) is 0 Å². The molecule has 1 aliphatic heterocycles. The molecular formula is C16H19N5S2. The number of aryl methyl sites for hydroxylation is 2. The topological polar surface area (TPSA) is 62.7 Å². The van der Waals surface area contributed by atoms with Gasteiger partial charge in [0.05, 0.1) is 22.6 Å². The molecule has 120 valence electrons. The standard InChI is InChI=1S/C16H19N5S2/c1-3-11-13(22-9(2)21-11)7-18-15-14-10-4-5-17-6-12(10)23-16(14)20-8-19-15/h8,17H,3-7H2,1-2H3,(H,18,19,20). The van der Waals surface area contributed by atoms with Crippen LogP contribution in [0.15, 0.2) is 6.33 Å². The first kappa shape index (κ1) is 15.0. The minimum atomic E-state index is 0.781. The van der Waals surface area contributed by atoms with Crippen LogP contribution in [0.5, 0.6) is 0 Å². The quantitative estimate of drug-likeness (QED) is 0.760. The molecule has 0 bridgehead atoms. The third-order valence-corrected chi connectivity index (χ3v) is 6.30. The van der Waals surface area contributed by atoms with Crippen molar-refractivity contribution >= 4 is 38.7 Å². The van der Waals surface area contributed by atoms with Gasteiger partial charge in [-0.25, -0.2) is 15.0 Å². The van der Waals surface area contributed by atoms with Crippen LogP contribution in [0.1, 0.15) is 32.9 Å². The van der Waals surface area contributed by atoms with Crippen LogP contribution in [0.2, 0.25) is 0 Å². The van der Waals surface area contributed by atoms with Crippen molar-refractivity contribution in [2.75, 3.05) is 11.9 Å². The van der Waals surface area contributed by atoms with Crippen molar-refractivity contribution < 1.29 is 0 Å². The van der Waals surface area contributed by atoms with Crippen molar-refractivity contribution in [3.05, 3.63) is 32.3 Å². The Bertz CT molecular complexity index is 852. The molecule has 0 fully saturated rings.